The third kappa shape index (κ3) is 3.82. The Bertz CT molecular complexity index is 377. The van der Waals surface area contributed by atoms with Crippen LogP contribution in [-0.4, -0.2) is 20.6 Å². The summed E-state index contributed by atoms with van der Waals surface area (Å²) < 4.78 is 0. The number of benzene rings is 1. The van der Waals surface area contributed by atoms with Crippen molar-refractivity contribution < 1.29 is 0 Å². The highest BCUT2D eigenvalue weighted by atomic mass is 14.9. The summed E-state index contributed by atoms with van der Waals surface area (Å²) in [4.78, 5) is 0. The highest BCUT2D eigenvalue weighted by Crippen LogP contribution is 2.28. The second-order valence-corrected chi connectivity index (χ2v) is 6.05. The summed E-state index contributed by atoms with van der Waals surface area (Å²) in [6.07, 6.45) is 1.11. The van der Waals surface area contributed by atoms with Crippen molar-refractivity contribution >= 4 is 0 Å². The van der Waals surface area contributed by atoms with Gasteiger partial charge in [0, 0.05) is 6.04 Å². The van der Waals surface area contributed by atoms with Crippen molar-refractivity contribution in [2.75, 3.05) is 20.6 Å². The molecule has 1 rings (SSSR count). The van der Waals surface area contributed by atoms with E-state index in [1.807, 2.05) is 14.1 Å². The molecule has 102 valence electrons. The molecule has 0 aliphatic carbocycles. The Labute approximate surface area is 112 Å². The lowest BCUT2D eigenvalue weighted by Crippen LogP contribution is -2.23. The number of hydrogen-bond acceptors (Lipinski definition) is 2. The minimum absolute atomic E-state index is 0.212. The van der Waals surface area contributed by atoms with Crippen LogP contribution in [-0.2, 0) is 5.41 Å². The third-order valence-corrected chi connectivity index (χ3v) is 3.55. The van der Waals surface area contributed by atoms with Gasteiger partial charge in [0.1, 0.15) is 0 Å². The first-order chi connectivity index (χ1) is 8.40. The molecular weight excluding hydrogens is 220 g/mol. The van der Waals surface area contributed by atoms with Crippen LogP contribution in [0.4, 0.5) is 0 Å². The Morgan fingerprint density at radius 1 is 1.17 bits per heavy atom. The molecule has 1 atom stereocenters. The highest BCUT2D eigenvalue weighted by Gasteiger charge is 2.17. The van der Waals surface area contributed by atoms with Gasteiger partial charge < -0.3 is 10.6 Å². The Hall–Kier alpha value is -0.860. The number of rotatable bonds is 5. The van der Waals surface area contributed by atoms with Gasteiger partial charge in [-0.3, -0.25) is 0 Å². The zero-order valence-corrected chi connectivity index (χ0v) is 12.7. The van der Waals surface area contributed by atoms with Crippen molar-refractivity contribution in [3.63, 3.8) is 0 Å². The van der Waals surface area contributed by atoms with Crippen molar-refractivity contribution in [2.45, 2.75) is 45.6 Å². The minimum atomic E-state index is 0.212. The molecule has 2 nitrogen and oxygen atoms in total. The maximum absolute atomic E-state index is 3.43. The molecule has 0 saturated carbocycles. The zero-order valence-electron chi connectivity index (χ0n) is 12.7. The van der Waals surface area contributed by atoms with Crippen LogP contribution in [0.1, 0.15) is 49.9 Å². The normalized spacial score (nSPS) is 13.7. The van der Waals surface area contributed by atoms with Gasteiger partial charge >= 0.3 is 0 Å². The van der Waals surface area contributed by atoms with Crippen molar-refractivity contribution in [1.29, 1.82) is 0 Å². The van der Waals surface area contributed by atoms with Gasteiger partial charge in [0.2, 0.25) is 0 Å². The minimum Gasteiger partial charge on any atom is -0.320 e. The molecule has 0 aliphatic rings. The van der Waals surface area contributed by atoms with Gasteiger partial charge in [0.05, 0.1) is 0 Å². The second kappa shape index (κ2) is 6.35. The van der Waals surface area contributed by atoms with Gasteiger partial charge in [0.25, 0.3) is 0 Å². The molecule has 0 aromatic heterocycles. The zero-order chi connectivity index (χ0) is 13.8. The molecule has 0 fully saturated rings. The second-order valence-electron chi connectivity index (χ2n) is 6.05. The monoisotopic (exact) mass is 248 g/mol. The fourth-order valence-corrected chi connectivity index (χ4v) is 2.23. The Balaban J connectivity index is 3.05. The molecule has 0 aliphatic heterocycles. The molecule has 0 bridgehead atoms. The predicted molar refractivity (Wildman–Crippen MR) is 80.2 cm³/mol. The van der Waals surface area contributed by atoms with Gasteiger partial charge in [0.15, 0.2) is 0 Å². The van der Waals surface area contributed by atoms with Crippen LogP contribution in [0.3, 0.4) is 0 Å². The van der Waals surface area contributed by atoms with E-state index in [1.54, 1.807) is 0 Å². The molecule has 18 heavy (non-hydrogen) atoms. The third-order valence-electron chi connectivity index (χ3n) is 3.55. The summed E-state index contributed by atoms with van der Waals surface area (Å²) >= 11 is 0. The van der Waals surface area contributed by atoms with Crippen LogP contribution in [0.15, 0.2) is 18.2 Å². The quantitative estimate of drug-likeness (QED) is 0.836. The predicted octanol–water partition coefficient (Wildman–Crippen LogP) is 3.16. The summed E-state index contributed by atoms with van der Waals surface area (Å²) in [6, 6.07) is 7.30. The van der Waals surface area contributed by atoms with Gasteiger partial charge in [-0.25, -0.2) is 0 Å². The lowest BCUT2D eigenvalue weighted by atomic mass is 9.84. The average molecular weight is 248 g/mol. The lowest BCUT2D eigenvalue weighted by Gasteiger charge is -2.24. The van der Waals surface area contributed by atoms with E-state index in [-0.39, 0.29) is 5.41 Å². The van der Waals surface area contributed by atoms with E-state index in [9.17, 15) is 0 Å². The number of hydrogen-bond donors (Lipinski definition) is 2. The van der Waals surface area contributed by atoms with Crippen LogP contribution in [0.5, 0.6) is 0 Å². The molecule has 2 N–H and O–H groups in total. The maximum Gasteiger partial charge on any atom is 0.0332 e. The van der Waals surface area contributed by atoms with Crippen LogP contribution < -0.4 is 10.6 Å². The molecule has 1 unspecified atom stereocenters. The van der Waals surface area contributed by atoms with Gasteiger partial charge in [-0.15, -0.1) is 0 Å². The first-order valence-corrected chi connectivity index (χ1v) is 6.83. The molecular formula is C16H28N2. The van der Waals surface area contributed by atoms with E-state index in [1.165, 1.54) is 16.7 Å². The average Bonchev–Trinajstić information content (AvgIpc) is 2.30. The SMILES string of the molecule is CNCCC(NC)c1cc(C(C)(C)C)ccc1C. The topological polar surface area (TPSA) is 24.1 Å². The standard InChI is InChI=1S/C16H28N2/c1-12-7-8-13(16(2,3)4)11-14(12)15(18-6)9-10-17-5/h7-8,11,15,17-18H,9-10H2,1-6H3. The van der Waals surface area contributed by atoms with E-state index < -0.39 is 0 Å². The van der Waals surface area contributed by atoms with E-state index >= 15 is 0 Å². The van der Waals surface area contributed by atoms with Crippen LogP contribution in [0.25, 0.3) is 0 Å². The summed E-state index contributed by atoms with van der Waals surface area (Å²) in [5.41, 5.74) is 4.43. The molecule has 0 amide bonds. The van der Waals surface area contributed by atoms with E-state index in [2.05, 4.69) is 56.5 Å². The van der Waals surface area contributed by atoms with Crippen LogP contribution in [0, 0.1) is 6.92 Å². The number of aryl methyl sites for hydroxylation is 1. The van der Waals surface area contributed by atoms with E-state index in [0.717, 1.165) is 13.0 Å². The highest BCUT2D eigenvalue weighted by molar-refractivity contribution is 5.36. The van der Waals surface area contributed by atoms with E-state index in [4.69, 9.17) is 0 Å². The molecule has 1 aromatic rings. The van der Waals surface area contributed by atoms with Crippen LogP contribution >= 0.6 is 0 Å². The Morgan fingerprint density at radius 3 is 2.33 bits per heavy atom. The van der Waals surface area contributed by atoms with Crippen molar-refractivity contribution in [1.82, 2.24) is 10.6 Å². The van der Waals surface area contributed by atoms with Gasteiger partial charge in [-0.05, 0) is 56.1 Å². The molecule has 0 saturated heterocycles. The van der Waals surface area contributed by atoms with Crippen molar-refractivity contribution in [3.05, 3.63) is 34.9 Å². The summed E-state index contributed by atoms with van der Waals surface area (Å²) in [6.45, 7) is 10.0. The summed E-state index contributed by atoms with van der Waals surface area (Å²) in [5.74, 6) is 0. The smallest absolute Gasteiger partial charge is 0.0332 e. The molecule has 0 heterocycles. The summed E-state index contributed by atoms with van der Waals surface area (Å²) in [5, 5.41) is 6.66. The van der Waals surface area contributed by atoms with Crippen molar-refractivity contribution in [3.8, 4) is 0 Å². The fraction of sp³-hybridized carbons (Fsp3) is 0.625. The lowest BCUT2D eigenvalue weighted by molar-refractivity contribution is 0.527. The number of nitrogens with one attached hydrogen (secondary N) is 2. The largest absolute Gasteiger partial charge is 0.320 e. The Kier molecular flexibility index (Phi) is 5.36. The molecule has 2 heteroatoms. The molecule has 0 radical (unpaired) electrons. The van der Waals surface area contributed by atoms with E-state index in [0.29, 0.717) is 6.04 Å². The summed E-state index contributed by atoms with van der Waals surface area (Å²) in [7, 11) is 4.05. The Morgan fingerprint density at radius 2 is 1.83 bits per heavy atom. The fourth-order valence-electron chi connectivity index (χ4n) is 2.23. The first kappa shape index (κ1) is 15.2. The van der Waals surface area contributed by atoms with Gasteiger partial charge in [-0.2, -0.15) is 0 Å². The maximum atomic E-state index is 3.43. The van der Waals surface area contributed by atoms with Crippen molar-refractivity contribution in [2.24, 2.45) is 0 Å². The van der Waals surface area contributed by atoms with Crippen LogP contribution in [0.2, 0.25) is 0 Å². The first-order valence-electron chi connectivity index (χ1n) is 6.83. The molecule has 1 aromatic carbocycles. The van der Waals surface area contributed by atoms with Gasteiger partial charge in [-0.1, -0.05) is 39.0 Å². The molecule has 0 spiro atoms.